The molecule has 5 rings (SSSR count). The van der Waals surface area contributed by atoms with Crippen LogP contribution in [0.4, 0.5) is 5.82 Å². The van der Waals surface area contributed by atoms with Gasteiger partial charge in [0.1, 0.15) is 10.6 Å². The Morgan fingerprint density at radius 1 is 1.00 bits per heavy atom. The molecule has 5 nitrogen and oxygen atoms in total. The molecule has 1 saturated heterocycles. The first-order chi connectivity index (χ1) is 14.0. The molecule has 0 amide bonds. The number of aryl methyl sites for hydroxylation is 2. The van der Waals surface area contributed by atoms with Crippen molar-refractivity contribution in [1.29, 1.82) is 0 Å². The third-order valence-corrected chi connectivity index (χ3v) is 7.40. The van der Waals surface area contributed by atoms with Gasteiger partial charge in [-0.15, -0.1) is 11.3 Å². The minimum atomic E-state index is 0.210. The molecular weight excluding hydrogens is 378 g/mol. The van der Waals surface area contributed by atoms with Crippen LogP contribution in [0.3, 0.4) is 0 Å². The highest BCUT2D eigenvalue weighted by Gasteiger charge is 2.28. The zero-order valence-electron chi connectivity index (χ0n) is 17.6. The fourth-order valence-corrected chi connectivity index (χ4v) is 5.89. The number of pyridine rings is 1. The molecule has 1 aliphatic carbocycles. The zero-order valence-corrected chi connectivity index (χ0v) is 18.4. The molecule has 0 atom stereocenters. The molecule has 152 valence electrons. The van der Waals surface area contributed by atoms with Crippen molar-refractivity contribution >= 4 is 27.4 Å². The molecule has 3 aromatic rings. The maximum absolute atomic E-state index is 5.14. The Morgan fingerprint density at radius 2 is 1.90 bits per heavy atom. The summed E-state index contributed by atoms with van der Waals surface area (Å²) in [6.07, 6.45) is 8.46. The van der Waals surface area contributed by atoms with Crippen LogP contribution in [0.1, 0.15) is 44.1 Å². The lowest BCUT2D eigenvalue weighted by Crippen LogP contribution is -2.43. The fourth-order valence-electron chi connectivity index (χ4n) is 4.63. The number of rotatable bonds is 2. The first-order valence-electron chi connectivity index (χ1n) is 10.7. The van der Waals surface area contributed by atoms with Crippen molar-refractivity contribution < 1.29 is 0 Å². The summed E-state index contributed by atoms with van der Waals surface area (Å²) in [6, 6.07) is 4.02. The zero-order chi connectivity index (χ0) is 20.0. The summed E-state index contributed by atoms with van der Waals surface area (Å²) in [4.78, 5) is 22.2. The molecule has 1 fully saturated rings. The summed E-state index contributed by atoms with van der Waals surface area (Å²) in [5.74, 6) is 1.95. The highest BCUT2D eigenvalue weighted by molar-refractivity contribution is 7.19. The van der Waals surface area contributed by atoms with Crippen LogP contribution >= 0.6 is 11.3 Å². The van der Waals surface area contributed by atoms with Gasteiger partial charge in [0.25, 0.3) is 0 Å². The molecule has 2 aliphatic rings. The molecule has 0 bridgehead atoms. The van der Waals surface area contributed by atoms with Crippen LogP contribution in [0.2, 0.25) is 0 Å². The number of aromatic nitrogens is 3. The topological polar surface area (TPSA) is 45.2 Å². The minimum absolute atomic E-state index is 0.210. The van der Waals surface area contributed by atoms with E-state index in [4.69, 9.17) is 9.97 Å². The molecule has 29 heavy (non-hydrogen) atoms. The number of anilines is 1. The van der Waals surface area contributed by atoms with Gasteiger partial charge in [0.2, 0.25) is 0 Å². The van der Waals surface area contributed by atoms with E-state index in [1.54, 1.807) is 6.20 Å². The van der Waals surface area contributed by atoms with E-state index in [1.165, 1.54) is 35.1 Å². The second kappa shape index (κ2) is 7.33. The highest BCUT2D eigenvalue weighted by Crippen LogP contribution is 2.41. The van der Waals surface area contributed by atoms with Crippen LogP contribution in [0.5, 0.6) is 0 Å². The summed E-state index contributed by atoms with van der Waals surface area (Å²) in [6.45, 7) is 11.2. The molecule has 6 heteroatoms. The molecule has 1 aliphatic heterocycles. The first kappa shape index (κ1) is 18.9. The van der Waals surface area contributed by atoms with Crippen LogP contribution in [0.15, 0.2) is 24.5 Å². The molecule has 4 heterocycles. The van der Waals surface area contributed by atoms with Crippen molar-refractivity contribution in [2.24, 2.45) is 0 Å². The standard InChI is InChI=1S/C23H29N5S/c1-23(2,3)28-12-6-11-27(13-14-28)21-19-17-8-4-9-18(17)29-22(19)26-20(25-21)16-7-5-10-24-15-16/h5,7,10,15H,4,6,8-9,11-14H2,1-3H3. The molecule has 0 aromatic carbocycles. The van der Waals surface area contributed by atoms with Crippen molar-refractivity contribution in [2.45, 2.75) is 52.0 Å². The summed E-state index contributed by atoms with van der Waals surface area (Å²) in [7, 11) is 0. The molecule has 0 unspecified atom stereocenters. The third kappa shape index (κ3) is 3.53. The van der Waals surface area contributed by atoms with Crippen molar-refractivity contribution in [2.75, 3.05) is 31.1 Å². The Kier molecular flexibility index (Phi) is 4.79. The number of nitrogens with zero attached hydrogens (tertiary/aromatic N) is 5. The Labute approximate surface area is 176 Å². The van der Waals surface area contributed by atoms with Crippen molar-refractivity contribution in [1.82, 2.24) is 19.9 Å². The average Bonchev–Trinajstić information content (AvgIpc) is 3.18. The summed E-state index contributed by atoms with van der Waals surface area (Å²) in [5.41, 5.74) is 2.71. The monoisotopic (exact) mass is 407 g/mol. The fraction of sp³-hybridized carbons (Fsp3) is 0.522. The van der Waals surface area contributed by atoms with Gasteiger partial charge in [0.15, 0.2) is 5.82 Å². The van der Waals surface area contributed by atoms with Gasteiger partial charge in [0, 0.05) is 54.6 Å². The lowest BCUT2D eigenvalue weighted by atomic mass is 10.1. The largest absolute Gasteiger partial charge is 0.355 e. The summed E-state index contributed by atoms with van der Waals surface area (Å²) < 4.78 is 0. The quantitative estimate of drug-likeness (QED) is 0.623. The molecule has 0 N–H and O–H groups in total. The van der Waals surface area contributed by atoms with Gasteiger partial charge in [-0.2, -0.15) is 0 Å². The Hall–Kier alpha value is -2.05. The van der Waals surface area contributed by atoms with E-state index in [0.717, 1.165) is 54.6 Å². The Balaban J connectivity index is 1.60. The van der Waals surface area contributed by atoms with Gasteiger partial charge in [-0.1, -0.05) is 0 Å². The van der Waals surface area contributed by atoms with Crippen LogP contribution in [0.25, 0.3) is 21.6 Å². The van der Waals surface area contributed by atoms with E-state index < -0.39 is 0 Å². The summed E-state index contributed by atoms with van der Waals surface area (Å²) in [5, 5.41) is 1.32. The van der Waals surface area contributed by atoms with Gasteiger partial charge >= 0.3 is 0 Å². The van der Waals surface area contributed by atoms with Crippen LogP contribution in [-0.2, 0) is 12.8 Å². The smallest absolute Gasteiger partial charge is 0.164 e. The lowest BCUT2D eigenvalue weighted by molar-refractivity contribution is 0.148. The third-order valence-electron chi connectivity index (χ3n) is 6.21. The van der Waals surface area contributed by atoms with Crippen molar-refractivity contribution in [3.8, 4) is 11.4 Å². The molecule has 0 spiro atoms. The number of hydrogen-bond donors (Lipinski definition) is 0. The normalized spacial score (nSPS) is 18.2. The van der Waals surface area contributed by atoms with Crippen LogP contribution < -0.4 is 4.90 Å². The number of fused-ring (bicyclic) bond motifs is 3. The van der Waals surface area contributed by atoms with Crippen LogP contribution in [0, 0.1) is 0 Å². The van der Waals surface area contributed by atoms with E-state index in [0.29, 0.717) is 0 Å². The van der Waals surface area contributed by atoms with Crippen LogP contribution in [-0.4, -0.2) is 51.6 Å². The second-order valence-corrected chi connectivity index (χ2v) is 10.2. The van der Waals surface area contributed by atoms with E-state index in [-0.39, 0.29) is 5.54 Å². The minimum Gasteiger partial charge on any atom is -0.355 e. The Bertz CT molecular complexity index is 1020. The maximum atomic E-state index is 5.14. The first-order valence-corrected chi connectivity index (χ1v) is 11.5. The molecule has 3 aromatic heterocycles. The molecule has 0 saturated carbocycles. The Morgan fingerprint density at radius 3 is 2.69 bits per heavy atom. The number of hydrogen-bond acceptors (Lipinski definition) is 6. The molecule has 0 radical (unpaired) electrons. The highest BCUT2D eigenvalue weighted by atomic mass is 32.1. The van der Waals surface area contributed by atoms with E-state index in [2.05, 4.69) is 41.6 Å². The van der Waals surface area contributed by atoms with E-state index >= 15 is 0 Å². The van der Waals surface area contributed by atoms with Crippen molar-refractivity contribution in [3.63, 3.8) is 0 Å². The van der Waals surface area contributed by atoms with Gasteiger partial charge < -0.3 is 4.90 Å². The van der Waals surface area contributed by atoms with E-state index in [9.17, 15) is 0 Å². The van der Waals surface area contributed by atoms with Gasteiger partial charge in [-0.3, -0.25) is 9.88 Å². The summed E-state index contributed by atoms with van der Waals surface area (Å²) >= 11 is 1.87. The van der Waals surface area contributed by atoms with E-state index in [1.807, 2.05) is 23.6 Å². The van der Waals surface area contributed by atoms with Gasteiger partial charge in [-0.25, -0.2) is 9.97 Å². The second-order valence-electron chi connectivity index (χ2n) is 9.15. The SMILES string of the molecule is CC(C)(C)N1CCCN(c2nc(-c3cccnc3)nc3sc4c(c23)CCC4)CC1. The maximum Gasteiger partial charge on any atom is 0.164 e. The number of thiophene rings is 1. The average molecular weight is 408 g/mol. The van der Waals surface area contributed by atoms with Gasteiger partial charge in [-0.05, 0) is 64.2 Å². The van der Waals surface area contributed by atoms with Crippen molar-refractivity contribution in [3.05, 3.63) is 35.0 Å². The lowest BCUT2D eigenvalue weighted by Gasteiger charge is -2.34. The predicted molar refractivity (Wildman–Crippen MR) is 121 cm³/mol. The molecular formula is C23H29N5S. The van der Waals surface area contributed by atoms with Gasteiger partial charge in [0.05, 0.1) is 5.39 Å². The predicted octanol–water partition coefficient (Wildman–Crippen LogP) is 4.55.